The third-order valence-corrected chi connectivity index (χ3v) is 4.52. The van der Waals surface area contributed by atoms with E-state index in [1.165, 1.54) is 0 Å². The molecule has 19 heavy (non-hydrogen) atoms. The number of sulfonamides is 1. The van der Waals surface area contributed by atoms with Gasteiger partial charge in [-0.2, -0.15) is 4.37 Å². The van der Waals surface area contributed by atoms with E-state index in [-0.39, 0.29) is 15.8 Å². The summed E-state index contributed by atoms with van der Waals surface area (Å²) in [4.78, 5) is 3.19. The number of hydrogen-bond acceptors (Lipinski definition) is 6. The summed E-state index contributed by atoms with van der Waals surface area (Å²) in [5.74, 6) is -0.654. The molecule has 0 atom stereocenters. The molecule has 0 saturated carbocycles. The molecule has 0 aliphatic rings. The lowest BCUT2D eigenvalue weighted by molar-refractivity contribution is 0.571. The molecule has 2 rings (SSSR count). The number of nitrogen functional groups attached to an aromatic ring is 1. The van der Waals surface area contributed by atoms with Crippen molar-refractivity contribution in [3.8, 4) is 0 Å². The number of nitrogens with one attached hydrogen (secondary N) is 1. The molecule has 0 fully saturated rings. The van der Waals surface area contributed by atoms with Gasteiger partial charge in [-0.1, -0.05) is 11.6 Å². The molecule has 0 spiro atoms. The lowest BCUT2D eigenvalue weighted by atomic mass is 10.3. The molecule has 0 aliphatic carbocycles. The maximum atomic E-state index is 13.7. The molecule has 0 aliphatic heterocycles. The molecule has 0 saturated heterocycles. The van der Waals surface area contributed by atoms with E-state index < -0.39 is 20.7 Å². The number of rotatable bonds is 3. The Labute approximate surface area is 117 Å². The highest BCUT2D eigenvalue weighted by molar-refractivity contribution is 7.93. The quantitative estimate of drug-likeness (QED) is 0.842. The molecule has 6 nitrogen and oxygen atoms in total. The SMILES string of the molecule is Cc1nsc(NS(=O)(=O)c2cc(N)cc(Cl)c2F)n1. The van der Waals surface area contributed by atoms with E-state index >= 15 is 0 Å². The van der Waals surface area contributed by atoms with Crippen LogP contribution in [0, 0.1) is 12.7 Å². The Kier molecular flexibility index (Phi) is 3.61. The summed E-state index contributed by atoms with van der Waals surface area (Å²) >= 11 is 6.41. The first-order valence-corrected chi connectivity index (χ1v) is 7.50. The smallest absolute Gasteiger partial charge is 0.266 e. The van der Waals surface area contributed by atoms with Gasteiger partial charge in [0.2, 0.25) is 5.13 Å². The minimum atomic E-state index is -4.16. The lowest BCUT2D eigenvalue weighted by Crippen LogP contribution is -2.15. The highest BCUT2D eigenvalue weighted by atomic mass is 35.5. The van der Waals surface area contributed by atoms with Crippen molar-refractivity contribution in [3.05, 3.63) is 28.8 Å². The van der Waals surface area contributed by atoms with Gasteiger partial charge < -0.3 is 5.73 Å². The van der Waals surface area contributed by atoms with E-state index in [9.17, 15) is 12.8 Å². The summed E-state index contributed by atoms with van der Waals surface area (Å²) in [6.07, 6.45) is 0. The van der Waals surface area contributed by atoms with Crippen LogP contribution in [0.15, 0.2) is 17.0 Å². The van der Waals surface area contributed by atoms with Crippen LogP contribution in [-0.4, -0.2) is 17.8 Å². The fourth-order valence-corrected chi connectivity index (χ4v) is 3.50. The predicted molar refractivity (Wildman–Crippen MR) is 71.3 cm³/mol. The molecular formula is C9H8ClFN4O2S2. The van der Waals surface area contributed by atoms with Gasteiger partial charge in [-0.25, -0.2) is 17.8 Å². The first kappa shape index (κ1) is 14.0. The number of halogens is 2. The largest absolute Gasteiger partial charge is 0.399 e. The summed E-state index contributed by atoms with van der Waals surface area (Å²) < 4.78 is 43.7. The van der Waals surface area contributed by atoms with Gasteiger partial charge in [0, 0.05) is 17.2 Å². The number of anilines is 2. The van der Waals surface area contributed by atoms with Gasteiger partial charge in [-0.3, -0.25) is 4.72 Å². The summed E-state index contributed by atoms with van der Waals surface area (Å²) in [6, 6.07) is 2.11. The maximum absolute atomic E-state index is 13.7. The van der Waals surface area contributed by atoms with Crippen molar-refractivity contribution in [2.45, 2.75) is 11.8 Å². The molecule has 0 bridgehead atoms. The summed E-state index contributed by atoms with van der Waals surface area (Å²) in [6.45, 7) is 1.60. The standard InChI is InChI=1S/C9H8ClFN4O2S2/c1-4-13-9(18-14-4)15-19(16,17)7-3-5(12)2-6(10)8(7)11/h2-3H,12H2,1H3,(H,13,14,15). The zero-order valence-corrected chi connectivity index (χ0v) is 11.9. The summed E-state index contributed by atoms with van der Waals surface area (Å²) in [5.41, 5.74) is 5.50. The topological polar surface area (TPSA) is 98.0 Å². The Balaban J connectivity index is 2.45. The summed E-state index contributed by atoms with van der Waals surface area (Å²) in [5, 5.41) is -0.329. The minimum absolute atomic E-state index is 0.0375. The second-order valence-corrected chi connectivity index (χ2v) is 6.38. The van der Waals surface area contributed by atoms with Crippen LogP contribution in [0.25, 0.3) is 0 Å². The van der Waals surface area contributed by atoms with E-state index in [0.717, 1.165) is 23.7 Å². The molecule has 3 N–H and O–H groups in total. The molecule has 1 heterocycles. The van der Waals surface area contributed by atoms with Crippen LogP contribution in [0.5, 0.6) is 0 Å². The van der Waals surface area contributed by atoms with Crippen LogP contribution in [0.3, 0.4) is 0 Å². The molecule has 1 aromatic carbocycles. The van der Waals surface area contributed by atoms with Gasteiger partial charge >= 0.3 is 0 Å². The van der Waals surface area contributed by atoms with E-state index in [0.29, 0.717) is 5.82 Å². The van der Waals surface area contributed by atoms with Crippen LogP contribution in [0.2, 0.25) is 5.02 Å². The predicted octanol–water partition coefficient (Wildman–Crippen LogP) is 2.02. The van der Waals surface area contributed by atoms with Crippen LogP contribution in [0.4, 0.5) is 15.2 Å². The first-order valence-electron chi connectivity index (χ1n) is 4.87. The Hall–Kier alpha value is -1.45. The van der Waals surface area contributed by atoms with Gasteiger partial charge in [0.05, 0.1) is 5.02 Å². The first-order chi connectivity index (χ1) is 8.79. The van der Waals surface area contributed by atoms with Crippen molar-refractivity contribution in [1.29, 1.82) is 0 Å². The van der Waals surface area contributed by atoms with Crippen LogP contribution < -0.4 is 10.5 Å². The number of nitrogens with zero attached hydrogens (tertiary/aromatic N) is 2. The average Bonchev–Trinajstić information content (AvgIpc) is 2.68. The number of nitrogens with two attached hydrogens (primary N) is 1. The highest BCUT2D eigenvalue weighted by Crippen LogP contribution is 2.27. The number of benzene rings is 1. The second kappa shape index (κ2) is 4.91. The molecule has 10 heteroatoms. The third kappa shape index (κ3) is 2.94. The fraction of sp³-hybridized carbons (Fsp3) is 0.111. The Morgan fingerprint density at radius 2 is 2.16 bits per heavy atom. The van der Waals surface area contributed by atoms with Gasteiger partial charge in [0.1, 0.15) is 10.7 Å². The lowest BCUT2D eigenvalue weighted by Gasteiger charge is -2.08. The van der Waals surface area contributed by atoms with Crippen LogP contribution in [-0.2, 0) is 10.0 Å². The van der Waals surface area contributed by atoms with E-state index in [1.807, 2.05) is 0 Å². The van der Waals surface area contributed by atoms with Crippen molar-refractivity contribution < 1.29 is 12.8 Å². The van der Waals surface area contributed by atoms with Crippen molar-refractivity contribution in [3.63, 3.8) is 0 Å². The number of hydrogen-bond donors (Lipinski definition) is 2. The fourth-order valence-electron chi connectivity index (χ4n) is 1.29. The van der Waals surface area contributed by atoms with Gasteiger partial charge in [0.15, 0.2) is 5.82 Å². The molecule has 0 radical (unpaired) electrons. The van der Waals surface area contributed by atoms with Crippen molar-refractivity contribution >= 4 is 44.0 Å². The van der Waals surface area contributed by atoms with Gasteiger partial charge in [0.25, 0.3) is 10.0 Å². The van der Waals surface area contributed by atoms with E-state index in [4.69, 9.17) is 17.3 Å². The monoisotopic (exact) mass is 322 g/mol. The maximum Gasteiger partial charge on any atom is 0.266 e. The molecule has 0 amide bonds. The van der Waals surface area contributed by atoms with Gasteiger partial charge in [-0.15, -0.1) is 0 Å². The van der Waals surface area contributed by atoms with E-state index in [2.05, 4.69) is 14.1 Å². The second-order valence-electron chi connectivity index (χ2n) is 3.57. The molecule has 0 unspecified atom stereocenters. The van der Waals surface area contributed by atoms with Crippen LogP contribution in [0.1, 0.15) is 5.82 Å². The van der Waals surface area contributed by atoms with Crippen molar-refractivity contribution in [1.82, 2.24) is 9.36 Å². The Bertz CT molecular complexity index is 732. The minimum Gasteiger partial charge on any atom is -0.399 e. The molecule has 2 aromatic rings. The average molecular weight is 323 g/mol. The molecule has 102 valence electrons. The third-order valence-electron chi connectivity index (χ3n) is 2.06. The number of aryl methyl sites for hydroxylation is 1. The number of aromatic nitrogens is 2. The zero-order valence-electron chi connectivity index (χ0n) is 9.52. The molecular weight excluding hydrogens is 315 g/mol. The van der Waals surface area contributed by atoms with Crippen molar-refractivity contribution in [2.75, 3.05) is 10.5 Å². The molecule has 1 aromatic heterocycles. The van der Waals surface area contributed by atoms with E-state index in [1.54, 1.807) is 6.92 Å². The Morgan fingerprint density at radius 3 is 2.74 bits per heavy atom. The zero-order chi connectivity index (χ0) is 14.2. The van der Waals surface area contributed by atoms with Gasteiger partial charge in [-0.05, 0) is 19.1 Å². The van der Waals surface area contributed by atoms with Crippen LogP contribution >= 0.6 is 23.1 Å². The van der Waals surface area contributed by atoms with Crippen molar-refractivity contribution in [2.24, 2.45) is 0 Å². The summed E-state index contributed by atoms with van der Waals surface area (Å²) in [7, 11) is -4.16. The normalized spacial score (nSPS) is 11.5. The Morgan fingerprint density at radius 1 is 1.47 bits per heavy atom. The highest BCUT2D eigenvalue weighted by Gasteiger charge is 2.23.